The minimum atomic E-state index is -2.08. The summed E-state index contributed by atoms with van der Waals surface area (Å²) in [6, 6.07) is 6.71. The summed E-state index contributed by atoms with van der Waals surface area (Å²) >= 11 is 5.95. The van der Waals surface area contributed by atoms with E-state index in [0.717, 1.165) is 5.56 Å². The summed E-state index contributed by atoms with van der Waals surface area (Å²) in [6.07, 6.45) is 0.120. The summed E-state index contributed by atoms with van der Waals surface area (Å²) in [4.78, 5) is 12.1. The normalized spacial score (nSPS) is 15.0. The Balaban J connectivity index is 3.02. The summed E-state index contributed by atoms with van der Waals surface area (Å²) in [5.41, 5.74) is 7.20. The van der Waals surface area contributed by atoms with E-state index in [-0.39, 0.29) is 5.04 Å². The Labute approximate surface area is 151 Å². The lowest BCUT2D eigenvalue weighted by molar-refractivity contribution is -0.147. The highest BCUT2D eigenvalue weighted by Gasteiger charge is 2.41. The van der Waals surface area contributed by atoms with Gasteiger partial charge in [-0.25, -0.2) is 0 Å². The molecule has 1 aromatic rings. The topological polar surface area (TPSA) is 61.5 Å². The van der Waals surface area contributed by atoms with Gasteiger partial charge >= 0.3 is 5.97 Å². The Morgan fingerprint density at radius 1 is 1.25 bits per heavy atom. The largest absolute Gasteiger partial charge is 0.465 e. The molecule has 0 aromatic heterocycles. The molecule has 6 heteroatoms. The molecule has 2 atom stereocenters. The van der Waals surface area contributed by atoms with Gasteiger partial charge in [-0.3, -0.25) is 4.79 Å². The van der Waals surface area contributed by atoms with E-state index in [1.165, 1.54) is 0 Å². The molecular weight excluding hydrogens is 342 g/mol. The second-order valence-corrected chi connectivity index (χ2v) is 12.7. The van der Waals surface area contributed by atoms with Crippen molar-refractivity contribution in [1.29, 1.82) is 0 Å². The van der Waals surface area contributed by atoms with Gasteiger partial charge in [-0.1, -0.05) is 44.5 Å². The molecule has 0 saturated carbocycles. The van der Waals surface area contributed by atoms with Crippen LogP contribution in [0, 0.1) is 0 Å². The fraction of sp³-hybridized carbons (Fsp3) is 0.611. The molecule has 136 valence electrons. The number of hydrogen-bond acceptors (Lipinski definition) is 4. The first kappa shape index (κ1) is 21.2. The molecule has 0 aliphatic rings. The highest BCUT2D eigenvalue weighted by molar-refractivity contribution is 6.74. The number of hydrogen-bond donors (Lipinski definition) is 1. The van der Waals surface area contributed by atoms with Crippen LogP contribution in [-0.2, 0) is 20.4 Å². The first-order chi connectivity index (χ1) is 11.0. The average Bonchev–Trinajstić information content (AvgIpc) is 2.47. The van der Waals surface area contributed by atoms with Gasteiger partial charge in [-0.2, -0.15) is 0 Å². The molecule has 0 spiro atoms. The molecule has 0 bridgehead atoms. The van der Waals surface area contributed by atoms with E-state index in [9.17, 15) is 4.79 Å². The zero-order valence-electron chi connectivity index (χ0n) is 15.6. The summed E-state index contributed by atoms with van der Waals surface area (Å²) in [5, 5.41) is 0.704. The van der Waals surface area contributed by atoms with Crippen LogP contribution in [0.15, 0.2) is 24.3 Å². The van der Waals surface area contributed by atoms with E-state index in [1.807, 2.05) is 24.3 Å². The zero-order valence-corrected chi connectivity index (χ0v) is 17.3. The minimum absolute atomic E-state index is 0.0274. The van der Waals surface area contributed by atoms with Gasteiger partial charge in [-0.15, -0.1) is 0 Å². The number of esters is 1. The van der Waals surface area contributed by atoms with Gasteiger partial charge in [0.1, 0.15) is 6.04 Å². The molecule has 0 aliphatic heterocycles. The second kappa shape index (κ2) is 8.47. The molecule has 0 unspecified atom stereocenters. The van der Waals surface area contributed by atoms with E-state index in [0.29, 0.717) is 18.1 Å². The van der Waals surface area contributed by atoms with Crippen molar-refractivity contribution in [3.05, 3.63) is 34.9 Å². The predicted octanol–water partition coefficient (Wildman–Crippen LogP) is 4.16. The van der Waals surface area contributed by atoms with Gasteiger partial charge in [0.2, 0.25) is 0 Å². The molecule has 0 fully saturated rings. The Hall–Kier alpha value is -0.883. The van der Waals surface area contributed by atoms with Crippen molar-refractivity contribution in [2.24, 2.45) is 5.73 Å². The van der Waals surface area contributed by atoms with E-state index in [4.69, 9.17) is 26.5 Å². The molecule has 24 heavy (non-hydrogen) atoms. The molecule has 4 nitrogen and oxygen atoms in total. The van der Waals surface area contributed by atoms with E-state index >= 15 is 0 Å². The van der Waals surface area contributed by atoms with Crippen molar-refractivity contribution in [2.75, 3.05) is 6.61 Å². The van der Waals surface area contributed by atoms with Gasteiger partial charge < -0.3 is 14.9 Å². The maximum absolute atomic E-state index is 12.1. The molecule has 0 amide bonds. The quantitative estimate of drug-likeness (QED) is 0.577. The van der Waals surface area contributed by atoms with Crippen molar-refractivity contribution in [2.45, 2.75) is 64.4 Å². The molecule has 2 N–H and O–H groups in total. The zero-order chi connectivity index (χ0) is 18.5. The van der Waals surface area contributed by atoms with Gasteiger partial charge in [0.25, 0.3) is 0 Å². The third kappa shape index (κ3) is 5.88. The van der Waals surface area contributed by atoms with Crippen molar-refractivity contribution >= 4 is 25.9 Å². The number of nitrogens with two attached hydrogens (primary N) is 1. The van der Waals surface area contributed by atoms with Crippen LogP contribution in [0.4, 0.5) is 0 Å². The highest BCUT2D eigenvalue weighted by atomic mass is 35.5. The Morgan fingerprint density at radius 3 is 2.25 bits per heavy atom. The fourth-order valence-corrected chi connectivity index (χ4v) is 3.51. The summed E-state index contributed by atoms with van der Waals surface area (Å²) < 4.78 is 11.5. The van der Waals surface area contributed by atoms with Crippen LogP contribution < -0.4 is 5.73 Å². The van der Waals surface area contributed by atoms with Gasteiger partial charge in [0.05, 0.1) is 12.7 Å². The summed E-state index contributed by atoms with van der Waals surface area (Å²) in [7, 11) is -2.08. The maximum atomic E-state index is 12.1. The van der Waals surface area contributed by atoms with E-state index in [2.05, 4.69) is 33.9 Å². The van der Waals surface area contributed by atoms with Gasteiger partial charge in [-0.05, 0) is 49.2 Å². The smallest absolute Gasteiger partial charge is 0.325 e. The average molecular weight is 372 g/mol. The Bertz CT molecular complexity index is 540. The molecule has 0 radical (unpaired) electrons. The lowest BCUT2D eigenvalue weighted by Gasteiger charge is -2.40. The third-order valence-electron chi connectivity index (χ3n) is 4.56. The molecule has 1 rings (SSSR count). The number of benzene rings is 1. The third-order valence-corrected chi connectivity index (χ3v) is 9.32. The van der Waals surface area contributed by atoms with Crippen molar-refractivity contribution in [3.8, 4) is 0 Å². The SMILES string of the molecule is CCOC(=O)[C@@H](N)[C@@H](Cc1ccc(Cl)cc1)O[Si](C)(C)C(C)(C)C. The first-order valence-corrected chi connectivity index (χ1v) is 11.6. The Kier molecular flexibility index (Phi) is 7.47. The number of carbonyl (C=O) groups excluding carboxylic acids is 1. The van der Waals surface area contributed by atoms with Crippen LogP contribution in [0.25, 0.3) is 0 Å². The van der Waals surface area contributed by atoms with Crippen LogP contribution >= 0.6 is 11.6 Å². The van der Waals surface area contributed by atoms with Crippen molar-refractivity contribution < 1.29 is 14.0 Å². The highest BCUT2D eigenvalue weighted by Crippen LogP contribution is 2.38. The van der Waals surface area contributed by atoms with E-state index in [1.54, 1.807) is 6.92 Å². The molecule has 1 aromatic carbocycles. The van der Waals surface area contributed by atoms with E-state index < -0.39 is 26.4 Å². The fourth-order valence-electron chi connectivity index (χ4n) is 2.04. The number of rotatable bonds is 7. The molecule has 0 heterocycles. The van der Waals surface area contributed by atoms with Crippen LogP contribution in [0.3, 0.4) is 0 Å². The second-order valence-electron chi connectivity index (χ2n) is 7.53. The summed E-state index contributed by atoms with van der Waals surface area (Å²) in [5.74, 6) is -0.421. The predicted molar refractivity (Wildman–Crippen MR) is 102 cm³/mol. The number of halogens is 1. The monoisotopic (exact) mass is 371 g/mol. The minimum Gasteiger partial charge on any atom is -0.465 e. The number of ether oxygens (including phenoxy) is 1. The van der Waals surface area contributed by atoms with Crippen LogP contribution in [0.1, 0.15) is 33.3 Å². The summed E-state index contributed by atoms with van der Waals surface area (Å²) in [6.45, 7) is 12.9. The van der Waals surface area contributed by atoms with Crippen LogP contribution in [-0.4, -0.2) is 33.0 Å². The number of carbonyl (C=O) groups is 1. The van der Waals surface area contributed by atoms with Crippen molar-refractivity contribution in [1.82, 2.24) is 0 Å². The standard InChI is InChI=1S/C18H30ClNO3Si/c1-7-22-17(21)16(20)15(23-24(5,6)18(2,3)4)12-13-8-10-14(19)11-9-13/h8-11,15-16H,7,12,20H2,1-6H3/t15-,16+/m1/s1. The van der Waals surface area contributed by atoms with Gasteiger partial charge in [0, 0.05) is 5.02 Å². The van der Waals surface area contributed by atoms with Crippen molar-refractivity contribution in [3.63, 3.8) is 0 Å². The van der Waals surface area contributed by atoms with Crippen LogP contribution in [0.5, 0.6) is 0 Å². The maximum Gasteiger partial charge on any atom is 0.325 e. The first-order valence-electron chi connectivity index (χ1n) is 8.32. The Morgan fingerprint density at radius 2 is 1.79 bits per heavy atom. The van der Waals surface area contributed by atoms with Gasteiger partial charge in [0.15, 0.2) is 8.32 Å². The van der Waals surface area contributed by atoms with Crippen LogP contribution in [0.2, 0.25) is 23.2 Å². The molecule has 0 aliphatic carbocycles. The lowest BCUT2D eigenvalue weighted by atomic mass is 10.0. The molecular formula is C18H30ClNO3Si. The lowest BCUT2D eigenvalue weighted by Crippen LogP contribution is -2.53. The molecule has 0 saturated heterocycles.